The first-order valence-electron chi connectivity index (χ1n) is 8.22. The van der Waals surface area contributed by atoms with E-state index in [0.717, 1.165) is 19.1 Å². The fourth-order valence-corrected chi connectivity index (χ4v) is 3.27. The van der Waals surface area contributed by atoms with Crippen molar-refractivity contribution in [1.82, 2.24) is 9.80 Å². The van der Waals surface area contributed by atoms with Crippen LogP contribution in [-0.4, -0.2) is 41.5 Å². The molecular weight excluding hydrogens is 244 g/mol. The average Bonchev–Trinajstić information content (AvgIpc) is 2.47. The fraction of sp³-hybridized carbons (Fsp3) is 0.667. The van der Waals surface area contributed by atoms with E-state index in [2.05, 4.69) is 60.9 Å². The number of rotatable bonds is 6. The Hall–Kier alpha value is -0.860. The molecule has 0 amide bonds. The minimum absolute atomic E-state index is 0.653. The Labute approximate surface area is 124 Å². The number of likely N-dealkylation sites (N-methyl/N-ethyl adjacent to an activating group) is 1. The first-order chi connectivity index (χ1) is 9.70. The molecule has 0 radical (unpaired) electrons. The number of hydrogen-bond acceptors (Lipinski definition) is 2. The van der Waals surface area contributed by atoms with Crippen LogP contribution in [0.4, 0.5) is 0 Å². The minimum Gasteiger partial charge on any atom is -0.300 e. The first-order valence-corrected chi connectivity index (χ1v) is 8.22. The quantitative estimate of drug-likeness (QED) is 0.779. The van der Waals surface area contributed by atoms with Crippen LogP contribution in [0.2, 0.25) is 0 Å². The third-order valence-electron chi connectivity index (χ3n) is 4.56. The molecule has 0 bridgehead atoms. The average molecular weight is 274 g/mol. The van der Waals surface area contributed by atoms with E-state index in [4.69, 9.17) is 0 Å². The number of nitrogens with zero attached hydrogens (tertiary/aromatic N) is 2. The van der Waals surface area contributed by atoms with E-state index in [9.17, 15) is 0 Å². The third kappa shape index (κ3) is 4.32. The minimum atomic E-state index is 0.653. The van der Waals surface area contributed by atoms with Crippen molar-refractivity contribution in [2.75, 3.05) is 19.6 Å². The highest BCUT2D eigenvalue weighted by atomic mass is 15.2. The largest absolute Gasteiger partial charge is 0.300 e. The number of piperidine rings is 1. The molecular formula is C18H30N2. The van der Waals surface area contributed by atoms with Crippen molar-refractivity contribution in [3.8, 4) is 0 Å². The third-order valence-corrected chi connectivity index (χ3v) is 4.56. The van der Waals surface area contributed by atoms with E-state index < -0.39 is 0 Å². The van der Waals surface area contributed by atoms with Crippen molar-refractivity contribution in [2.45, 2.75) is 58.7 Å². The van der Waals surface area contributed by atoms with Gasteiger partial charge in [0.25, 0.3) is 0 Å². The van der Waals surface area contributed by atoms with Gasteiger partial charge < -0.3 is 0 Å². The zero-order valence-corrected chi connectivity index (χ0v) is 13.4. The lowest BCUT2D eigenvalue weighted by atomic mass is 10.00. The number of likely N-dealkylation sites (tertiary alicyclic amines) is 1. The van der Waals surface area contributed by atoms with Crippen molar-refractivity contribution < 1.29 is 0 Å². The van der Waals surface area contributed by atoms with E-state index in [1.165, 1.54) is 37.9 Å². The number of benzene rings is 1. The summed E-state index contributed by atoms with van der Waals surface area (Å²) in [5.74, 6) is 0. The van der Waals surface area contributed by atoms with E-state index in [1.807, 2.05) is 0 Å². The van der Waals surface area contributed by atoms with Crippen molar-refractivity contribution >= 4 is 0 Å². The van der Waals surface area contributed by atoms with Crippen LogP contribution >= 0.6 is 0 Å². The fourth-order valence-electron chi connectivity index (χ4n) is 3.27. The van der Waals surface area contributed by atoms with Gasteiger partial charge in [0.1, 0.15) is 0 Å². The van der Waals surface area contributed by atoms with Gasteiger partial charge in [-0.2, -0.15) is 0 Å². The molecule has 1 aliphatic heterocycles. The molecule has 0 aromatic heterocycles. The van der Waals surface area contributed by atoms with Gasteiger partial charge in [0.05, 0.1) is 0 Å². The van der Waals surface area contributed by atoms with Crippen LogP contribution < -0.4 is 0 Å². The molecule has 1 aromatic rings. The van der Waals surface area contributed by atoms with Crippen LogP contribution in [0, 0.1) is 0 Å². The molecule has 1 heterocycles. The maximum Gasteiger partial charge on any atom is 0.0237 e. The Morgan fingerprint density at radius 3 is 2.60 bits per heavy atom. The lowest BCUT2D eigenvalue weighted by Crippen LogP contribution is -2.48. The highest BCUT2D eigenvalue weighted by Gasteiger charge is 2.24. The summed E-state index contributed by atoms with van der Waals surface area (Å²) in [4.78, 5) is 5.30. The molecule has 1 aromatic carbocycles. The van der Waals surface area contributed by atoms with Gasteiger partial charge in [0.2, 0.25) is 0 Å². The molecule has 112 valence electrons. The van der Waals surface area contributed by atoms with Crippen molar-refractivity contribution in [1.29, 1.82) is 0 Å². The summed E-state index contributed by atoms with van der Waals surface area (Å²) in [6.07, 6.45) is 4.11. The highest BCUT2D eigenvalue weighted by Crippen LogP contribution is 2.21. The van der Waals surface area contributed by atoms with E-state index in [0.29, 0.717) is 6.04 Å². The molecule has 1 saturated heterocycles. The maximum absolute atomic E-state index is 2.70. The molecule has 0 saturated carbocycles. The molecule has 0 N–H and O–H groups in total. The molecule has 1 atom stereocenters. The molecule has 0 aliphatic carbocycles. The smallest absolute Gasteiger partial charge is 0.0237 e. The summed E-state index contributed by atoms with van der Waals surface area (Å²) in [6, 6.07) is 12.3. The summed E-state index contributed by atoms with van der Waals surface area (Å²) < 4.78 is 0. The predicted molar refractivity (Wildman–Crippen MR) is 86.9 cm³/mol. The van der Waals surface area contributed by atoms with Gasteiger partial charge in [-0.1, -0.05) is 43.7 Å². The Morgan fingerprint density at radius 2 is 1.95 bits per heavy atom. The van der Waals surface area contributed by atoms with E-state index in [1.54, 1.807) is 0 Å². The topological polar surface area (TPSA) is 6.48 Å². The molecule has 1 unspecified atom stereocenters. The molecule has 1 fully saturated rings. The van der Waals surface area contributed by atoms with Crippen molar-refractivity contribution in [3.05, 3.63) is 35.9 Å². The monoisotopic (exact) mass is 274 g/mol. The van der Waals surface area contributed by atoms with Gasteiger partial charge in [-0.05, 0) is 45.3 Å². The zero-order valence-electron chi connectivity index (χ0n) is 13.4. The predicted octanol–water partition coefficient (Wildman–Crippen LogP) is 3.77. The van der Waals surface area contributed by atoms with Crippen LogP contribution in [-0.2, 0) is 6.54 Å². The summed E-state index contributed by atoms with van der Waals surface area (Å²) in [6.45, 7) is 11.7. The summed E-state index contributed by atoms with van der Waals surface area (Å²) in [5.41, 5.74) is 1.45. The van der Waals surface area contributed by atoms with Crippen LogP contribution in [0.1, 0.15) is 45.6 Å². The lowest BCUT2D eigenvalue weighted by molar-refractivity contribution is 0.0878. The number of hydrogen-bond donors (Lipinski definition) is 0. The van der Waals surface area contributed by atoms with Crippen LogP contribution in [0.15, 0.2) is 30.3 Å². The second-order valence-electron chi connectivity index (χ2n) is 6.29. The molecule has 2 rings (SSSR count). The molecule has 2 heteroatoms. The second kappa shape index (κ2) is 7.80. The van der Waals surface area contributed by atoms with Gasteiger partial charge in [0, 0.05) is 25.2 Å². The molecule has 0 spiro atoms. The Kier molecular flexibility index (Phi) is 6.06. The zero-order chi connectivity index (χ0) is 14.4. The summed E-state index contributed by atoms with van der Waals surface area (Å²) in [5, 5.41) is 0. The van der Waals surface area contributed by atoms with E-state index in [-0.39, 0.29) is 0 Å². The van der Waals surface area contributed by atoms with Gasteiger partial charge >= 0.3 is 0 Å². The Balaban J connectivity index is 1.98. The summed E-state index contributed by atoms with van der Waals surface area (Å²) >= 11 is 0. The van der Waals surface area contributed by atoms with E-state index >= 15 is 0 Å². The lowest BCUT2D eigenvalue weighted by Gasteiger charge is -2.39. The normalized spacial score (nSPS) is 20.8. The van der Waals surface area contributed by atoms with Crippen LogP contribution in [0.5, 0.6) is 0 Å². The van der Waals surface area contributed by atoms with Crippen LogP contribution in [0.25, 0.3) is 0 Å². The SMILES string of the molecule is CCN(CC1CCCCN1Cc1ccccc1)C(C)C. The highest BCUT2D eigenvalue weighted by molar-refractivity contribution is 5.14. The Bertz CT molecular complexity index is 374. The first kappa shape index (κ1) is 15.5. The van der Waals surface area contributed by atoms with Gasteiger partial charge in [0.15, 0.2) is 0 Å². The molecule has 20 heavy (non-hydrogen) atoms. The van der Waals surface area contributed by atoms with Gasteiger partial charge in [-0.25, -0.2) is 0 Å². The Morgan fingerprint density at radius 1 is 1.20 bits per heavy atom. The van der Waals surface area contributed by atoms with Crippen molar-refractivity contribution in [3.63, 3.8) is 0 Å². The summed E-state index contributed by atoms with van der Waals surface area (Å²) in [7, 11) is 0. The standard InChI is InChI=1S/C18H30N2/c1-4-19(16(2)3)15-18-12-8-9-13-20(18)14-17-10-6-5-7-11-17/h5-7,10-11,16,18H,4,8-9,12-15H2,1-3H3. The van der Waals surface area contributed by atoms with Gasteiger partial charge in [-0.3, -0.25) is 9.80 Å². The second-order valence-corrected chi connectivity index (χ2v) is 6.29. The van der Waals surface area contributed by atoms with Crippen molar-refractivity contribution in [2.24, 2.45) is 0 Å². The van der Waals surface area contributed by atoms with Gasteiger partial charge in [-0.15, -0.1) is 0 Å². The van der Waals surface area contributed by atoms with Crippen LogP contribution in [0.3, 0.4) is 0 Å². The molecule has 1 aliphatic rings. The maximum atomic E-state index is 2.70. The molecule has 2 nitrogen and oxygen atoms in total.